The van der Waals surface area contributed by atoms with E-state index >= 15 is 0 Å². The van der Waals surface area contributed by atoms with E-state index in [-0.39, 0.29) is 11.8 Å². The summed E-state index contributed by atoms with van der Waals surface area (Å²) in [7, 11) is 3.27. The van der Waals surface area contributed by atoms with Crippen LogP contribution in [-0.4, -0.2) is 39.5 Å². The van der Waals surface area contributed by atoms with Gasteiger partial charge >= 0.3 is 0 Å². The lowest BCUT2D eigenvalue weighted by Gasteiger charge is -2.35. The van der Waals surface area contributed by atoms with Gasteiger partial charge in [-0.05, 0) is 92.7 Å². The van der Waals surface area contributed by atoms with Crippen LogP contribution < -0.4 is 15.4 Å². The Balaban J connectivity index is 0.000000993. The van der Waals surface area contributed by atoms with E-state index in [4.69, 9.17) is 15.9 Å². The minimum atomic E-state index is 0.0877. The standard InChI is InChI=1S/C31H38N4O2.C3H8O.C2H6/c1-37-30-15-14-26(16-27(30)18-32)23-12-10-22(11-13-23)21-35(31(36)24-6-3-2-4-7-24)29-9-5-8-25(17-29)28(19-33)20-34;1-3-4-2;1-2/h5,8-9,14-17,19-20,22-24,33H,2-4,6-7,10-13,21,34H2,1H3;3H2,1-2H3;1-2H3/b28-20+,33-19?;;. The van der Waals surface area contributed by atoms with E-state index in [1.54, 1.807) is 14.2 Å². The number of rotatable bonds is 9. The Morgan fingerprint density at radius 3 is 2.28 bits per heavy atom. The summed E-state index contributed by atoms with van der Waals surface area (Å²) in [5.74, 6) is 1.79. The minimum Gasteiger partial charge on any atom is -0.495 e. The molecule has 0 saturated heterocycles. The lowest BCUT2D eigenvalue weighted by molar-refractivity contribution is -0.123. The summed E-state index contributed by atoms with van der Waals surface area (Å²) >= 11 is 0. The maximum atomic E-state index is 13.8. The molecule has 2 aromatic carbocycles. The molecule has 1 amide bonds. The fourth-order valence-electron chi connectivity index (χ4n) is 5.98. The number of carbonyl (C=O) groups is 1. The molecule has 2 fully saturated rings. The van der Waals surface area contributed by atoms with E-state index in [1.165, 1.54) is 24.4 Å². The first-order valence-electron chi connectivity index (χ1n) is 15.9. The van der Waals surface area contributed by atoms with Gasteiger partial charge in [0.2, 0.25) is 5.91 Å². The van der Waals surface area contributed by atoms with Gasteiger partial charge in [-0.15, -0.1) is 0 Å². The third-order valence-corrected chi connectivity index (χ3v) is 8.44. The Bertz CT molecular complexity index is 1200. The molecular formula is C36H52N4O3. The Kier molecular flexibility index (Phi) is 16.2. The molecule has 2 aliphatic rings. The van der Waals surface area contributed by atoms with Gasteiger partial charge in [0.25, 0.3) is 0 Å². The lowest BCUT2D eigenvalue weighted by atomic mass is 9.78. The molecule has 2 saturated carbocycles. The molecule has 234 valence electrons. The normalized spacial score (nSPS) is 18.6. The molecule has 3 N–H and O–H groups in total. The van der Waals surface area contributed by atoms with Crippen LogP contribution in [0.5, 0.6) is 5.75 Å². The Hall–Kier alpha value is -3.63. The van der Waals surface area contributed by atoms with Crippen molar-refractivity contribution in [3.8, 4) is 11.8 Å². The number of carbonyl (C=O) groups excluding carboxylic acids is 1. The summed E-state index contributed by atoms with van der Waals surface area (Å²) in [6, 6.07) is 16.1. The second-order valence-corrected chi connectivity index (χ2v) is 11.0. The number of ether oxygens (including phenoxy) is 2. The molecule has 0 spiro atoms. The molecule has 0 aliphatic heterocycles. The Morgan fingerprint density at radius 1 is 1.05 bits per heavy atom. The van der Waals surface area contributed by atoms with E-state index in [0.29, 0.717) is 35.3 Å². The molecule has 0 unspecified atom stereocenters. The van der Waals surface area contributed by atoms with Crippen molar-refractivity contribution in [2.24, 2.45) is 17.6 Å². The number of amides is 1. The molecule has 0 atom stereocenters. The van der Waals surface area contributed by atoms with Gasteiger partial charge in [0, 0.05) is 49.9 Å². The monoisotopic (exact) mass is 588 g/mol. The number of allylic oxidation sites excluding steroid dienone is 1. The van der Waals surface area contributed by atoms with Gasteiger partial charge in [-0.1, -0.05) is 51.3 Å². The van der Waals surface area contributed by atoms with E-state index in [2.05, 4.69) is 16.9 Å². The highest BCUT2D eigenvalue weighted by atomic mass is 16.5. The summed E-state index contributed by atoms with van der Waals surface area (Å²) in [5.41, 5.74) is 9.92. The fraction of sp³-hybridized carbons (Fsp3) is 0.528. The highest BCUT2D eigenvalue weighted by Gasteiger charge is 2.31. The highest BCUT2D eigenvalue weighted by molar-refractivity contribution is 6.08. The van der Waals surface area contributed by atoms with Crippen molar-refractivity contribution in [3.05, 3.63) is 65.4 Å². The molecule has 0 bridgehead atoms. The lowest BCUT2D eigenvalue weighted by Crippen LogP contribution is -2.41. The van der Waals surface area contributed by atoms with Gasteiger partial charge in [-0.25, -0.2) is 0 Å². The van der Waals surface area contributed by atoms with Crippen LogP contribution in [0.15, 0.2) is 48.7 Å². The van der Waals surface area contributed by atoms with Crippen molar-refractivity contribution in [3.63, 3.8) is 0 Å². The summed E-state index contributed by atoms with van der Waals surface area (Å²) < 4.78 is 9.85. The minimum absolute atomic E-state index is 0.0877. The van der Waals surface area contributed by atoms with Crippen LogP contribution in [0.2, 0.25) is 0 Å². The number of benzene rings is 2. The quantitative estimate of drug-likeness (QED) is 0.288. The topological polar surface area (TPSA) is 112 Å². The molecule has 2 aliphatic carbocycles. The van der Waals surface area contributed by atoms with Gasteiger partial charge in [0.15, 0.2) is 0 Å². The zero-order valence-corrected chi connectivity index (χ0v) is 26.9. The van der Waals surface area contributed by atoms with Gasteiger partial charge in [-0.2, -0.15) is 5.26 Å². The summed E-state index contributed by atoms with van der Waals surface area (Å²) in [4.78, 5) is 15.8. The third kappa shape index (κ3) is 10.2. The van der Waals surface area contributed by atoms with Crippen LogP contribution in [0.4, 0.5) is 5.69 Å². The molecule has 0 heterocycles. The van der Waals surface area contributed by atoms with Crippen LogP contribution >= 0.6 is 0 Å². The molecule has 0 aromatic heterocycles. The average molecular weight is 589 g/mol. The maximum Gasteiger partial charge on any atom is 0.230 e. The highest BCUT2D eigenvalue weighted by Crippen LogP contribution is 2.38. The first kappa shape index (κ1) is 35.6. The number of nitrogens with one attached hydrogen (secondary N) is 1. The molecule has 43 heavy (non-hydrogen) atoms. The third-order valence-electron chi connectivity index (χ3n) is 8.44. The Labute approximate surface area is 259 Å². The first-order valence-corrected chi connectivity index (χ1v) is 15.9. The zero-order valence-electron chi connectivity index (χ0n) is 26.9. The van der Waals surface area contributed by atoms with Crippen LogP contribution in [-0.2, 0) is 9.53 Å². The van der Waals surface area contributed by atoms with Crippen molar-refractivity contribution in [1.82, 2.24) is 0 Å². The van der Waals surface area contributed by atoms with E-state index in [1.807, 2.05) is 62.1 Å². The molecule has 4 rings (SSSR count). The summed E-state index contributed by atoms with van der Waals surface area (Å²) in [6.07, 6.45) is 12.3. The van der Waals surface area contributed by atoms with Gasteiger partial charge in [-0.3, -0.25) is 4.79 Å². The zero-order chi connectivity index (χ0) is 31.6. The van der Waals surface area contributed by atoms with E-state index in [0.717, 1.165) is 69.2 Å². The van der Waals surface area contributed by atoms with Crippen molar-refractivity contribution >= 4 is 23.4 Å². The SMILES string of the molecule is CC.CCOC.COc1ccc(C2CCC(CN(C(=O)C3CCCCC3)c3cccc(/C(C=N)=C/N)c3)CC2)cc1C#N. The molecule has 7 heteroatoms. The molecule has 2 aromatic rings. The van der Waals surface area contributed by atoms with E-state index in [9.17, 15) is 10.1 Å². The second-order valence-electron chi connectivity index (χ2n) is 11.0. The molecule has 0 radical (unpaired) electrons. The smallest absolute Gasteiger partial charge is 0.230 e. The molecule has 7 nitrogen and oxygen atoms in total. The predicted octanol–water partition coefficient (Wildman–Crippen LogP) is 8.08. The number of methoxy groups -OCH3 is 2. The van der Waals surface area contributed by atoms with Crippen LogP contribution in [0, 0.1) is 28.6 Å². The first-order chi connectivity index (χ1) is 21.0. The average Bonchev–Trinajstić information content (AvgIpc) is 3.09. The summed E-state index contributed by atoms with van der Waals surface area (Å²) in [5, 5.41) is 17.2. The van der Waals surface area contributed by atoms with Crippen LogP contribution in [0.3, 0.4) is 0 Å². The Morgan fingerprint density at radius 2 is 1.72 bits per heavy atom. The number of nitrogens with zero attached hydrogens (tertiary/aromatic N) is 2. The van der Waals surface area contributed by atoms with Gasteiger partial charge in [0.05, 0.1) is 12.7 Å². The number of hydrogen-bond acceptors (Lipinski definition) is 6. The number of hydrogen-bond donors (Lipinski definition) is 2. The number of anilines is 1. The van der Waals surface area contributed by atoms with Crippen molar-refractivity contribution < 1.29 is 14.3 Å². The van der Waals surface area contributed by atoms with Crippen molar-refractivity contribution in [2.45, 2.75) is 84.5 Å². The maximum absolute atomic E-state index is 13.8. The number of nitrogens with two attached hydrogens (primary N) is 1. The second kappa shape index (κ2) is 19.5. The van der Waals surface area contributed by atoms with Crippen molar-refractivity contribution in [2.75, 3.05) is 32.3 Å². The number of nitriles is 1. The van der Waals surface area contributed by atoms with Crippen LogP contribution in [0.1, 0.15) is 101 Å². The van der Waals surface area contributed by atoms with Crippen molar-refractivity contribution in [1.29, 1.82) is 10.7 Å². The van der Waals surface area contributed by atoms with Crippen LogP contribution in [0.25, 0.3) is 5.57 Å². The van der Waals surface area contributed by atoms with E-state index < -0.39 is 0 Å². The van der Waals surface area contributed by atoms with Gasteiger partial charge < -0.3 is 25.5 Å². The van der Waals surface area contributed by atoms with Gasteiger partial charge in [0.1, 0.15) is 11.8 Å². The molecular weight excluding hydrogens is 536 g/mol. The fourth-order valence-corrected chi connectivity index (χ4v) is 5.98. The largest absolute Gasteiger partial charge is 0.495 e. The predicted molar refractivity (Wildman–Crippen MR) is 178 cm³/mol. The summed E-state index contributed by atoms with van der Waals surface area (Å²) in [6.45, 7) is 7.49.